The minimum absolute atomic E-state index is 0.0490. The van der Waals surface area contributed by atoms with Crippen molar-refractivity contribution >= 4 is 45.0 Å². The van der Waals surface area contributed by atoms with Gasteiger partial charge in [0.2, 0.25) is 5.91 Å². The van der Waals surface area contributed by atoms with Crippen molar-refractivity contribution in [3.63, 3.8) is 0 Å². The minimum atomic E-state index is -0.308. The number of fused-ring (bicyclic) bond motifs is 1. The molecule has 4 rings (SSSR count). The van der Waals surface area contributed by atoms with E-state index in [0.29, 0.717) is 16.4 Å². The van der Waals surface area contributed by atoms with Crippen LogP contribution in [-0.2, 0) is 11.3 Å². The number of nitrogens with one attached hydrogen (secondary N) is 2. The highest BCUT2D eigenvalue weighted by atomic mass is 35.5. The highest BCUT2D eigenvalue weighted by molar-refractivity contribution is 7.20. The molecule has 1 aliphatic carbocycles. The molecule has 2 amide bonds. The Morgan fingerprint density at radius 2 is 2.00 bits per heavy atom. The number of hydrazine groups is 1. The van der Waals surface area contributed by atoms with Gasteiger partial charge in [-0.2, -0.15) is 5.10 Å². The van der Waals surface area contributed by atoms with Crippen LogP contribution in [0.1, 0.15) is 33.8 Å². The zero-order valence-electron chi connectivity index (χ0n) is 14.1. The third-order valence-corrected chi connectivity index (χ3v) is 5.72. The number of halogens is 1. The molecule has 134 valence electrons. The van der Waals surface area contributed by atoms with E-state index >= 15 is 0 Å². The molecule has 1 saturated carbocycles. The Morgan fingerprint density at radius 3 is 2.69 bits per heavy atom. The number of nitrogens with zero attached hydrogens (tertiary/aromatic N) is 2. The second kappa shape index (κ2) is 6.74. The van der Waals surface area contributed by atoms with Crippen molar-refractivity contribution in [3.05, 3.63) is 51.5 Å². The Morgan fingerprint density at radius 1 is 1.27 bits per heavy atom. The lowest BCUT2D eigenvalue weighted by Crippen LogP contribution is -2.42. The molecule has 0 spiro atoms. The first-order valence-corrected chi connectivity index (χ1v) is 9.52. The second-order valence-corrected chi connectivity index (χ2v) is 7.88. The second-order valence-electron chi connectivity index (χ2n) is 6.42. The molecular formula is C18H17ClN4O2S. The molecule has 0 saturated heterocycles. The predicted octanol–water partition coefficient (Wildman–Crippen LogP) is 3.28. The molecule has 0 aliphatic heterocycles. The van der Waals surface area contributed by atoms with Gasteiger partial charge in [0, 0.05) is 16.3 Å². The first kappa shape index (κ1) is 17.1. The molecule has 8 heteroatoms. The van der Waals surface area contributed by atoms with Crippen molar-refractivity contribution < 1.29 is 9.59 Å². The van der Waals surface area contributed by atoms with Crippen molar-refractivity contribution in [1.82, 2.24) is 20.6 Å². The van der Waals surface area contributed by atoms with Crippen LogP contribution in [0.25, 0.3) is 10.2 Å². The lowest BCUT2D eigenvalue weighted by molar-refractivity contribution is -0.123. The highest BCUT2D eigenvalue weighted by Crippen LogP contribution is 2.30. The number of hydrogen-bond acceptors (Lipinski definition) is 4. The van der Waals surface area contributed by atoms with Gasteiger partial charge in [0.25, 0.3) is 5.91 Å². The number of rotatable bonds is 4. The SMILES string of the molecule is Cc1nn(Cc2ccc(Cl)cc2)c2sc(C(=O)NNC(=O)C3CC3)cc12. The van der Waals surface area contributed by atoms with Gasteiger partial charge in [-0.25, -0.2) is 0 Å². The quantitative estimate of drug-likeness (QED) is 0.673. The molecule has 1 aliphatic rings. The molecule has 1 aromatic carbocycles. The van der Waals surface area contributed by atoms with E-state index in [2.05, 4.69) is 16.0 Å². The molecule has 6 nitrogen and oxygen atoms in total. The van der Waals surface area contributed by atoms with Crippen LogP contribution < -0.4 is 10.9 Å². The fourth-order valence-corrected chi connectivity index (χ4v) is 3.90. The van der Waals surface area contributed by atoms with Gasteiger partial charge in [-0.1, -0.05) is 23.7 Å². The summed E-state index contributed by atoms with van der Waals surface area (Å²) in [6.45, 7) is 2.52. The molecular weight excluding hydrogens is 372 g/mol. The van der Waals surface area contributed by atoms with Crippen molar-refractivity contribution in [2.24, 2.45) is 5.92 Å². The Labute approximate surface area is 159 Å². The summed E-state index contributed by atoms with van der Waals surface area (Å²) in [5, 5.41) is 6.21. The summed E-state index contributed by atoms with van der Waals surface area (Å²) in [6, 6.07) is 9.43. The first-order valence-electron chi connectivity index (χ1n) is 8.33. The van der Waals surface area contributed by atoms with Crippen molar-refractivity contribution in [1.29, 1.82) is 0 Å². The van der Waals surface area contributed by atoms with E-state index in [-0.39, 0.29) is 17.7 Å². The summed E-state index contributed by atoms with van der Waals surface area (Å²) in [5.74, 6) is -0.380. The number of hydrogen-bond donors (Lipinski definition) is 2. The zero-order valence-corrected chi connectivity index (χ0v) is 15.7. The van der Waals surface area contributed by atoms with E-state index in [4.69, 9.17) is 11.6 Å². The van der Waals surface area contributed by atoms with E-state index in [0.717, 1.165) is 34.3 Å². The van der Waals surface area contributed by atoms with Crippen LogP contribution in [-0.4, -0.2) is 21.6 Å². The smallest absolute Gasteiger partial charge is 0.273 e. The number of amides is 2. The maximum absolute atomic E-state index is 12.3. The maximum Gasteiger partial charge on any atom is 0.279 e. The molecule has 26 heavy (non-hydrogen) atoms. The van der Waals surface area contributed by atoms with E-state index in [1.807, 2.05) is 41.9 Å². The van der Waals surface area contributed by atoms with Crippen LogP contribution >= 0.6 is 22.9 Å². The summed E-state index contributed by atoms with van der Waals surface area (Å²) in [6.07, 6.45) is 1.79. The number of carbonyl (C=O) groups is 2. The Hall–Kier alpha value is -2.38. The van der Waals surface area contributed by atoms with Gasteiger partial charge in [0.05, 0.1) is 17.1 Å². The van der Waals surface area contributed by atoms with E-state index < -0.39 is 0 Å². The molecule has 1 fully saturated rings. The average Bonchev–Trinajstić information content (AvgIpc) is 3.31. The lowest BCUT2D eigenvalue weighted by Gasteiger charge is -2.05. The fourth-order valence-electron chi connectivity index (χ4n) is 2.72. The van der Waals surface area contributed by atoms with Crippen LogP contribution in [0.4, 0.5) is 0 Å². The molecule has 0 radical (unpaired) electrons. The number of aromatic nitrogens is 2. The maximum atomic E-state index is 12.3. The predicted molar refractivity (Wildman–Crippen MR) is 101 cm³/mol. The average molecular weight is 389 g/mol. The van der Waals surface area contributed by atoms with Crippen LogP contribution in [0.2, 0.25) is 5.02 Å². The summed E-state index contributed by atoms with van der Waals surface area (Å²) in [5.41, 5.74) is 6.93. The molecule has 0 bridgehead atoms. The van der Waals surface area contributed by atoms with Gasteiger partial charge in [-0.15, -0.1) is 11.3 Å². The van der Waals surface area contributed by atoms with Gasteiger partial charge < -0.3 is 0 Å². The number of carbonyl (C=O) groups excluding carboxylic acids is 2. The third kappa shape index (κ3) is 3.45. The van der Waals surface area contributed by atoms with Crippen molar-refractivity contribution in [2.75, 3.05) is 0 Å². The number of benzene rings is 1. The fraction of sp³-hybridized carbons (Fsp3) is 0.278. The van der Waals surface area contributed by atoms with Gasteiger partial charge >= 0.3 is 0 Å². The van der Waals surface area contributed by atoms with E-state index in [9.17, 15) is 9.59 Å². The molecule has 2 N–H and O–H groups in total. The normalized spacial score (nSPS) is 13.8. The highest BCUT2D eigenvalue weighted by Gasteiger charge is 2.30. The monoisotopic (exact) mass is 388 g/mol. The summed E-state index contributed by atoms with van der Waals surface area (Å²) < 4.78 is 1.89. The van der Waals surface area contributed by atoms with Crippen molar-refractivity contribution in [2.45, 2.75) is 26.3 Å². The zero-order chi connectivity index (χ0) is 18.3. The molecule has 2 aromatic heterocycles. The largest absolute Gasteiger partial charge is 0.279 e. The standard InChI is InChI=1S/C18H17ClN4O2S/c1-10-14-8-15(17(25)21-20-16(24)12-4-5-12)26-18(14)23(22-10)9-11-2-6-13(19)7-3-11/h2-3,6-8,12H,4-5,9H2,1H3,(H,20,24)(H,21,25). The van der Waals surface area contributed by atoms with E-state index in [1.54, 1.807) is 0 Å². The minimum Gasteiger partial charge on any atom is -0.273 e. The Bertz CT molecular complexity index is 989. The molecule has 3 aromatic rings. The number of aryl methyl sites for hydroxylation is 1. The molecule has 2 heterocycles. The van der Waals surface area contributed by atoms with Gasteiger partial charge in [-0.3, -0.25) is 25.1 Å². The summed E-state index contributed by atoms with van der Waals surface area (Å²) >= 11 is 7.29. The molecule has 0 atom stereocenters. The van der Waals surface area contributed by atoms with Crippen LogP contribution in [0.15, 0.2) is 30.3 Å². The van der Waals surface area contributed by atoms with E-state index in [1.165, 1.54) is 11.3 Å². The summed E-state index contributed by atoms with van der Waals surface area (Å²) in [7, 11) is 0. The first-order chi connectivity index (χ1) is 12.5. The Balaban J connectivity index is 1.53. The van der Waals surface area contributed by atoms with Crippen LogP contribution in [0.3, 0.4) is 0 Å². The van der Waals surface area contributed by atoms with Gasteiger partial charge in [-0.05, 0) is 43.5 Å². The van der Waals surface area contributed by atoms with Gasteiger partial charge in [0.1, 0.15) is 4.83 Å². The lowest BCUT2D eigenvalue weighted by atomic mass is 10.2. The molecule has 0 unspecified atom stereocenters. The summed E-state index contributed by atoms with van der Waals surface area (Å²) in [4.78, 5) is 25.4. The van der Waals surface area contributed by atoms with Gasteiger partial charge in [0.15, 0.2) is 0 Å². The van der Waals surface area contributed by atoms with Crippen LogP contribution in [0.5, 0.6) is 0 Å². The third-order valence-electron chi connectivity index (χ3n) is 4.32. The van der Waals surface area contributed by atoms with Crippen molar-refractivity contribution in [3.8, 4) is 0 Å². The topological polar surface area (TPSA) is 76.0 Å². The number of thiophene rings is 1. The Kier molecular flexibility index (Phi) is 4.42. The van der Waals surface area contributed by atoms with Crippen LogP contribution in [0, 0.1) is 12.8 Å².